The molecule has 1 aromatic heterocycles. The van der Waals surface area contributed by atoms with Gasteiger partial charge in [-0.05, 0) is 26.0 Å². The number of nitrogens with zero attached hydrogens (tertiary/aromatic N) is 3. The lowest BCUT2D eigenvalue weighted by Gasteiger charge is -2.53. The first kappa shape index (κ1) is 12.9. The Kier molecular flexibility index (Phi) is 2.27. The Morgan fingerprint density at radius 1 is 0.783 bits per heavy atom. The highest BCUT2D eigenvalue weighted by Gasteiger charge is 2.53. The highest BCUT2D eigenvalue weighted by Crippen LogP contribution is 2.56. The summed E-state index contributed by atoms with van der Waals surface area (Å²) in [4.78, 5) is 25.9. The van der Waals surface area contributed by atoms with Gasteiger partial charge in [0.25, 0.3) is 0 Å². The Morgan fingerprint density at radius 2 is 1.26 bits per heavy atom. The molecule has 0 spiro atoms. The summed E-state index contributed by atoms with van der Waals surface area (Å²) in [5.74, 6) is 0.711. The standard InChI is InChI=1S/C18H17N3O2/c1-10-11(2)16-14-9-8-13(15(10)16)20-17(22)19(18(23)21(14)20)12-6-4-3-5-7-12/h3-9,13-16H,1-2H3/t13-,14-,15-,16-/m0/s1. The van der Waals surface area contributed by atoms with E-state index in [4.69, 9.17) is 0 Å². The van der Waals surface area contributed by atoms with Gasteiger partial charge in [-0.3, -0.25) is 0 Å². The van der Waals surface area contributed by atoms with Crippen LogP contribution in [-0.4, -0.2) is 13.9 Å². The van der Waals surface area contributed by atoms with Gasteiger partial charge in [0.1, 0.15) is 0 Å². The molecule has 0 N–H and O–H groups in total. The van der Waals surface area contributed by atoms with Crippen LogP contribution in [0.5, 0.6) is 0 Å². The summed E-state index contributed by atoms with van der Waals surface area (Å²) in [6.45, 7) is 4.29. The van der Waals surface area contributed by atoms with Gasteiger partial charge in [0.15, 0.2) is 0 Å². The molecule has 5 heteroatoms. The van der Waals surface area contributed by atoms with Crippen LogP contribution < -0.4 is 11.4 Å². The molecule has 5 nitrogen and oxygen atoms in total. The fraction of sp³-hybridized carbons (Fsp3) is 0.333. The van der Waals surface area contributed by atoms with Gasteiger partial charge in [0.2, 0.25) is 0 Å². The summed E-state index contributed by atoms with van der Waals surface area (Å²) in [5.41, 5.74) is 2.89. The Labute approximate surface area is 132 Å². The van der Waals surface area contributed by atoms with Gasteiger partial charge in [0.05, 0.1) is 17.8 Å². The molecule has 2 bridgehead atoms. The molecule has 4 aliphatic rings. The van der Waals surface area contributed by atoms with Crippen LogP contribution >= 0.6 is 0 Å². The third-order valence-electron chi connectivity index (χ3n) is 5.84. The summed E-state index contributed by atoms with van der Waals surface area (Å²) < 4.78 is 4.62. The highest BCUT2D eigenvalue weighted by atomic mass is 16.2. The van der Waals surface area contributed by atoms with E-state index in [1.807, 2.05) is 18.2 Å². The van der Waals surface area contributed by atoms with E-state index in [1.165, 1.54) is 15.7 Å². The first-order valence-corrected chi connectivity index (χ1v) is 7.98. The van der Waals surface area contributed by atoms with Gasteiger partial charge in [-0.1, -0.05) is 41.5 Å². The maximum absolute atomic E-state index is 12.9. The van der Waals surface area contributed by atoms with E-state index in [0.29, 0.717) is 17.5 Å². The SMILES string of the molecule is CC1=C(C)[C@@H]2[C@@H]1[C@@H]1C=C[C@@H]2n2c(=O)n(-c3ccccc3)c(=O)n21. The van der Waals surface area contributed by atoms with E-state index in [-0.39, 0.29) is 23.5 Å². The van der Waals surface area contributed by atoms with Crippen molar-refractivity contribution in [2.75, 3.05) is 0 Å². The van der Waals surface area contributed by atoms with Crippen LogP contribution in [0, 0.1) is 11.8 Å². The first-order valence-electron chi connectivity index (χ1n) is 7.98. The molecule has 2 aliphatic heterocycles. The zero-order valence-electron chi connectivity index (χ0n) is 13.0. The maximum Gasteiger partial charge on any atom is 0.352 e. The van der Waals surface area contributed by atoms with Crippen molar-refractivity contribution in [2.45, 2.75) is 25.9 Å². The topological polar surface area (TPSA) is 48.9 Å². The molecule has 1 aromatic carbocycles. The molecule has 0 saturated heterocycles. The fourth-order valence-corrected chi connectivity index (χ4v) is 4.65. The first-order chi connectivity index (χ1) is 11.1. The molecule has 2 aromatic rings. The van der Waals surface area contributed by atoms with E-state index in [9.17, 15) is 9.59 Å². The third-order valence-corrected chi connectivity index (χ3v) is 5.84. The van der Waals surface area contributed by atoms with Gasteiger partial charge in [0, 0.05) is 11.8 Å². The Balaban J connectivity index is 1.79. The van der Waals surface area contributed by atoms with Crippen LogP contribution in [0.3, 0.4) is 0 Å². The molecule has 23 heavy (non-hydrogen) atoms. The molecule has 0 amide bonds. The van der Waals surface area contributed by atoms with Crippen molar-refractivity contribution in [3.63, 3.8) is 0 Å². The second-order valence-electron chi connectivity index (χ2n) is 6.71. The van der Waals surface area contributed by atoms with E-state index in [0.717, 1.165) is 0 Å². The van der Waals surface area contributed by atoms with Gasteiger partial charge >= 0.3 is 11.4 Å². The second-order valence-corrected chi connectivity index (χ2v) is 6.71. The number of aromatic nitrogens is 3. The van der Waals surface area contributed by atoms with Crippen LogP contribution in [0.25, 0.3) is 5.69 Å². The highest BCUT2D eigenvalue weighted by molar-refractivity contribution is 5.40. The Bertz CT molecular complexity index is 944. The molecule has 0 unspecified atom stereocenters. The summed E-state index contributed by atoms with van der Waals surface area (Å²) in [5, 5.41) is 0. The normalized spacial score (nSPS) is 30.2. The van der Waals surface area contributed by atoms with Crippen molar-refractivity contribution >= 4 is 0 Å². The minimum absolute atomic E-state index is 0.0427. The quantitative estimate of drug-likeness (QED) is 0.757. The summed E-state index contributed by atoms with van der Waals surface area (Å²) in [7, 11) is 0. The van der Waals surface area contributed by atoms with E-state index in [2.05, 4.69) is 26.0 Å². The van der Waals surface area contributed by atoms with E-state index in [1.54, 1.807) is 21.5 Å². The van der Waals surface area contributed by atoms with Crippen molar-refractivity contribution in [1.29, 1.82) is 0 Å². The summed E-state index contributed by atoms with van der Waals surface area (Å²) in [6.07, 6.45) is 4.19. The van der Waals surface area contributed by atoms with Crippen LogP contribution in [0.2, 0.25) is 0 Å². The Morgan fingerprint density at radius 3 is 1.74 bits per heavy atom. The molecule has 0 radical (unpaired) electrons. The molecule has 2 aliphatic carbocycles. The van der Waals surface area contributed by atoms with Gasteiger partial charge in [-0.25, -0.2) is 23.5 Å². The average Bonchev–Trinajstić information content (AvgIpc) is 2.87. The predicted molar refractivity (Wildman–Crippen MR) is 86.9 cm³/mol. The van der Waals surface area contributed by atoms with Crippen molar-refractivity contribution in [3.8, 4) is 5.69 Å². The fourth-order valence-electron chi connectivity index (χ4n) is 4.65. The molecule has 0 fully saturated rings. The molecule has 116 valence electrons. The van der Waals surface area contributed by atoms with Gasteiger partial charge < -0.3 is 0 Å². The number of benzene rings is 1. The lowest BCUT2D eigenvalue weighted by molar-refractivity contribution is 0.114. The molecular weight excluding hydrogens is 290 g/mol. The van der Waals surface area contributed by atoms with Gasteiger partial charge in [-0.2, -0.15) is 0 Å². The van der Waals surface area contributed by atoms with E-state index >= 15 is 0 Å². The minimum atomic E-state index is -0.239. The smallest absolute Gasteiger partial charge is 0.245 e. The third kappa shape index (κ3) is 1.34. The van der Waals surface area contributed by atoms with Crippen LogP contribution in [0.1, 0.15) is 25.9 Å². The molecule has 4 atom stereocenters. The number of rotatable bonds is 1. The second kappa shape index (κ2) is 4.04. The zero-order valence-corrected chi connectivity index (χ0v) is 13.0. The molecule has 6 rings (SSSR count). The summed E-state index contributed by atoms with van der Waals surface area (Å²) >= 11 is 0. The average molecular weight is 307 g/mol. The molecule has 0 saturated carbocycles. The monoisotopic (exact) mass is 307 g/mol. The van der Waals surface area contributed by atoms with Crippen LogP contribution in [0.4, 0.5) is 0 Å². The predicted octanol–water partition coefficient (Wildman–Crippen LogP) is 2.05. The largest absolute Gasteiger partial charge is 0.352 e. The zero-order chi connectivity index (χ0) is 15.9. The van der Waals surface area contributed by atoms with Gasteiger partial charge in [-0.15, -0.1) is 0 Å². The number of hydrogen-bond acceptors (Lipinski definition) is 2. The Hall–Kier alpha value is -2.56. The van der Waals surface area contributed by atoms with Crippen LogP contribution in [-0.2, 0) is 0 Å². The lowest BCUT2D eigenvalue weighted by Crippen LogP contribution is -2.53. The van der Waals surface area contributed by atoms with Crippen molar-refractivity contribution in [1.82, 2.24) is 13.9 Å². The maximum atomic E-state index is 12.9. The number of hydrogen-bond donors (Lipinski definition) is 0. The minimum Gasteiger partial charge on any atom is -0.245 e. The molecular formula is C18H17N3O2. The van der Waals surface area contributed by atoms with Crippen LogP contribution in [0.15, 0.2) is 63.2 Å². The summed E-state index contributed by atoms with van der Waals surface area (Å²) in [6, 6.07) is 9.08. The van der Waals surface area contributed by atoms with Crippen molar-refractivity contribution < 1.29 is 0 Å². The number of allylic oxidation sites excluding steroid dienone is 4. The molecule has 3 heterocycles. The van der Waals surface area contributed by atoms with Crippen molar-refractivity contribution in [2.24, 2.45) is 11.8 Å². The number of para-hydroxylation sites is 1. The lowest BCUT2D eigenvalue weighted by atomic mass is 9.59. The van der Waals surface area contributed by atoms with E-state index < -0.39 is 0 Å². The van der Waals surface area contributed by atoms with Crippen molar-refractivity contribution in [3.05, 3.63) is 74.6 Å².